The number of hydrogen-bond donors (Lipinski definition) is 1. The van der Waals surface area contributed by atoms with Crippen LogP contribution in [0, 0.1) is 0 Å². The number of likely N-dealkylation sites (tertiary alicyclic amines) is 1. The number of imidazole rings is 1. The Kier molecular flexibility index (Phi) is 5.21. The first-order chi connectivity index (χ1) is 16.6. The van der Waals surface area contributed by atoms with Crippen molar-refractivity contribution >= 4 is 17.4 Å². The van der Waals surface area contributed by atoms with Gasteiger partial charge in [-0.3, -0.25) is 9.30 Å². The second-order valence-corrected chi connectivity index (χ2v) is 9.79. The first-order valence-electron chi connectivity index (χ1n) is 12.2. The van der Waals surface area contributed by atoms with E-state index in [0.717, 1.165) is 41.8 Å². The molecule has 2 fully saturated rings. The molecule has 3 aromatic heterocycles. The predicted molar refractivity (Wildman–Crippen MR) is 136 cm³/mol. The van der Waals surface area contributed by atoms with Crippen molar-refractivity contribution in [2.24, 2.45) is 0 Å². The van der Waals surface area contributed by atoms with E-state index in [9.17, 15) is 0 Å². The molecule has 2 bridgehead atoms. The summed E-state index contributed by atoms with van der Waals surface area (Å²) in [7, 11) is 0. The maximum absolute atomic E-state index is 5.17. The number of pyridine rings is 1. The summed E-state index contributed by atoms with van der Waals surface area (Å²) < 4.78 is 2.13. The number of rotatable bonds is 6. The molecule has 4 aromatic rings. The fraction of sp³-hybridized carbons (Fsp3) is 0.370. The third kappa shape index (κ3) is 3.70. The highest BCUT2D eigenvalue weighted by Crippen LogP contribution is 2.36. The van der Waals surface area contributed by atoms with Gasteiger partial charge >= 0.3 is 0 Å². The Bertz CT molecular complexity index is 1300. The fourth-order valence-electron chi connectivity index (χ4n) is 5.55. The van der Waals surface area contributed by atoms with Crippen molar-refractivity contribution in [3.63, 3.8) is 0 Å². The lowest BCUT2D eigenvalue weighted by Gasteiger charge is -2.37. The zero-order chi connectivity index (χ0) is 23.2. The van der Waals surface area contributed by atoms with Crippen molar-refractivity contribution in [3.8, 4) is 11.3 Å². The van der Waals surface area contributed by atoms with Gasteiger partial charge in [0.05, 0.1) is 5.69 Å². The Hall–Kier alpha value is -3.45. The molecule has 1 N–H and O–H groups in total. The number of nitrogens with zero attached hydrogens (tertiary/aromatic N) is 6. The molecule has 2 saturated heterocycles. The summed E-state index contributed by atoms with van der Waals surface area (Å²) >= 11 is 0. The smallest absolute Gasteiger partial charge is 0.212 e. The summed E-state index contributed by atoms with van der Waals surface area (Å²) in [6, 6.07) is 18.5. The molecule has 1 aromatic carbocycles. The van der Waals surface area contributed by atoms with Gasteiger partial charge in [0.15, 0.2) is 0 Å². The summed E-state index contributed by atoms with van der Waals surface area (Å²) in [6.45, 7) is 8.87. The van der Waals surface area contributed by atoms with Crippen molar-refractivity contribution in [2.45, 2.75) is 51.4 Å². The van der Waals surface area contributed by atoms with E-state index >= 15 is 0 Å². The molecule has 0 spiro atoms. The minimum Gasteiger partial charge on any atom is -0.364 e. The number of aromatic nitrogens is 4. The van der Waals surface area contributed by atoms with Gasteiger partial charge in [0.25, 0.3) is 0 Å². The average molecular weight is 454 g/mol. The first-order valence-corrected chi connectivity index (χ1v) is 12.2. The van der Waals surface area contributed by atoms with Crippen molar-refractivity contribution in [1.29, 1.82) is 0 Å². The first kappa shape index (κ1) is 21.1. The van der Waals surface area contributed by atoms with Gasteiger partial charge in [0.1, 0.15) is 11.5 Å². The molecular formula is C27H31N7. The quantitative estimate of drug-likeness (QED) is 0.459. The number of fused-ring (bicyclic) bond motifs is 3. The minimum absolute atomic E-state index is 0.159. The third-order valence-corrected chi connectivity index (χ3v) is 7.29. The molecule has 174 valence electrons. The van der Waals surface area contributed by atoms with Crippen molar-refractivity contribution in [2.75, 3.05) is 23.3 Å². The average Bonchev–Trinajstić information content (AvgIpc) is 3.60. The lowest BCUT2D eigenvalue weighted by molar-refractivity contribution is 0.190. The highest BCUT2D eigenvalue weighted by molar-refractivity contribution is 5.68. The van der Waals surface area contributed by atoms with Gasteiger partial charge in [-0.05, 0) is 44.9 Å². The van der Waals surface area contributed by atoms with E-state index in [1.165, 1.54) is 12.0 Å². The van der Waals surface area contributed by atoms with E-state index in [4.69, 9.17) is 4.98 Å². The Morgan fingerprint density at radius 2 is 1.79 bits per heavy atom. The van der Waals surface area contributed by atoms with Crippen LogP contribution in [-0.4, -0.2) is 55.5 Å². The van der Waals surface area contributed by atoms with Gasteiger partial charge in [-0.2, -0.15) is 0 Å². The number of piperazine rings is 1. The van der Waals surface area contributed by atoms with Gasteiger partial charge in [-0.15, -0.1) is 0 Å². The van der Waals surface area contributed by atoms with Gasteiger partial charge in [0.2, 0.25) is 5.95 Å². The van der Waals surface area contributed by atoms with Crippen LogP contribution in [0.1, 0.15) is 38.8 Å². The molecule has 0 radical (unpaired) electrons. The molecule has 7 heteroatoms. The van der Waals surface area contributed by atoms with Crippen molar-refractivity contribution in [1.82, 2.24) is 24.3 Å². The van der Waals surface area contributed by atoms with Crippen LogP contribution in [0.2, 0.25) is 0 Å². The molecular weight excluding hydrogens is 422 g/mol. The van der Waals surface area contributed by atoms with E-state index in [2.05, 4.69) is 86.7 Å². The Morgan fingerprint density at radius 1 is 0.941 bits per heavy atom. The molecule has 5 heterocycles. The third-order valence-electron chi connectivity index (χ3n) is 7.29. The fourth-order valence-corrected chi connectivity index (χ4v) is 5.55. The Labute approximate surface area is 200 Å². The molecule has 34 heavy (non-hydrogen) atoms. The van der Waals surface area contributed by atoms with E-state index in [-0.39, 0.29) is 6.04 Å². The normalized spacial score (nSPS) is 21.0. The minimum atomic E-state index is 0.159. The summed E-state index contributed by atoms with van der Waals surface area (Å²) in [5, 5.41) is 3.53. The molecule has 0 unspecified atom stereocenters. The van der Waals surface area contributed by atoms with Crippen molar-refractivity contribution in [3.05, 3.63) is 72.7 Å². The summed E-state index contributed by atoms with van der Waals surface area (Å²) in [6.07, 6.45) is 6.95. The molecule has 2 aliphatic rings. The van der Waals surface area contributed by atoms with E-state index in [0.29, 0.717) is 18.1 Å². The van der Waals surface area contributed by atoms with Crippen LogP contribution in [0.3, 0.4) is 0 Å². The highest BCUT2D eigenvalue weighted by atomic mass is 15.4. The van der Waals surface area contributed by atoms with Crippen LogP contribution in [-0.2, 0) is 0 Å². The molecule has 2 aliphatic heterocycles. The lowest BCUT2D eigenvalue weighted by atomic mass is 10.1. The number of anilines is 2. The predicted octanol–water partition coefficient (Wildman–Crippen LogP) is 4.64. The van der Waals surface area contributed by atoms with Crippen molar-refractivity contribution < 1.29 is 0 Å². The van der Waals surface area contributed by atoms with Crippen LogP contribution in [0.4, 0.5) is 11.8 Å². The topological polar surface area (TPSA) is 61.6 Å². The van der Waals surface area contributed by atoms with Crippen LogP contribution in [0.5, 0.6) is 0 Å². The number of hydrogen-bond acceptors (Lipinski definition) is 6. The Morgan fingerprint density at radius 3 is 2.56 bits per heavy atom. The summed E-state index contributed by atoms with van der Waals surface area (Å²) in [5.41, 5.74) is 4.12. The SMILES string of the molecule is CC(C)N1C[C@@H]2C[C@H]1CN2c1nc(-c2ccnc(N[C@H](C)c3ccccc3)c2)cc2nccn12. The molecule has 6 rings (SSSR count). The number of benzene rings is 1. The van der Waals surface area contributed by atoms with Gasteiger partial charge in [-0.1, -0.05) is 30.3 Å². The van der Waals surface area contributed by atoms with E-state index in [1.54, 1.807) is 0 Å². The van der Waals surface area contributed by atoms with Gasteiger partial charge in [0, 0.05) is 67.5 Å². The van der Waals surface area contributed by atoms with Crippen LogP contribution in [0.15, 0.2) is 67.1 Å². The Balaban J connectivity index is 1.31. The second kappa shape index (κ2) is 8.40. The number of nitrogens with one attached hydrogen (secondary N) is 1. The summed E-state index contributed by atoms with van der Waals surface area (Å²) in [5.74, 6) is 1.83. The maximum Gasteiger partial charge on any atom is 0.212 e. The molecule has 0 amide bonds. The zero-order valence-electron chi connectivity index (χ0n) is 20.0. The molecule has 0 saturated carbocycles. The second-order valence-electron chi connectivity index (χ2n) is 9.79. The summed E-state index contributed by atoms with van der Waals surface area (Å²) in [4.78, 5) is 19.5. The highest BCUT2D eigenvalue weighted by Gasteiger charge is 2.45. The monoisotopic (exact) mass is 453 g/mol. The van der Waals surface area contributed by atoms with Gasteiger partial charge in [-0.25, -0.2) is 15.0 Å². The van der Waals surface area contributed by atoms with E-state index in [1.807, 2.05) is 30.7 Å². The largest absolute Gasteiger partial charge is 0.364 e. The molecule has 7 nitrogen and oxygen atoms in total. The molecule has 0 aliphatic carbocycles. The maximum atomic E-state index is 5.17. The van der Waals surface area contributed by atoms with Crippen LogP contribution >= 0.6 is 0 Å². The zero-order valence-corrected chi connectivity index (χ0v) is 20.0. The lowest BCUT2D eigenvalue weighted by Crippen LogP contribution is -2.49. The standard InChI is InChI=1S/C27H31N7/c1-18(2)33-16-23-14-22(33)17-34(23)27-31-24(15-26-29-11-12-32(26)27)21-9-10-28-25(13-21)30-19(3)20-7-5-4-6-8-20/h4-13,15,18-19,22-23H,14,16-17H2,1-3H3,(H,28,30)/t19-,22+,23+/m1/s1. The van der Waals surface area contributed by atoms with Crippen LogP contribution in [0.25, 0.3) is 16.9 Å². The van der Waals surface area contributed by atoms with Crippen LogP contribution < -0.4 is 10.2 Å². The van der Waals surface area contributed by atoms with E-state index < -0.39 is 0 Å². The van der Waals surface area contributed by atoms with Gasteiger partial charge < -0.3 is 10.2 Å². The molecule has 3 atom stereocenters.